The van der Waals surface area contributed by atoms with Gasteiger partial charge in [0, 0.05) is 4.47 Å². The van der Waals surface area contributed by atoms with Crippen LogP contribution in [-0.4, -0.2) is 48.2 Å². The molecule has 0 saturated carbocycles. The van der Waals surface area contributed by atoms with E-state index in [-0.39, 0.29) is 18.1 Å². The number of halogens is 1. The van der Waals surface area contributed by atoms with Crippen LogP contribution in [0.3, 0.4) is 0 Å². The predicted octanol–water partition coefficient (Wildman–Crippen LogP) is 3.68. The van der Waals surface area contributed by atoms with Crippen LogP contribution in [0.2, 0.25) is 0 Å². The molecule has 1 aliphatic heterocycles. The molecule has 2 aromatic carbocycles. The first-order valence-electron chi connectivity index (χ1n) is 8.97. The Balaban J connectivity index is 1.62. The van der Waals surface area contributed by atoms with Crippen molar-refractivity contribution in [3.63, 3.8) is 0 Å². The summed E-state index contributed by atoms with van der Waals surface area (Å²) >= 11 is 4.09. The fraction of sp³-hybridized carbons (Fsp3) is 0.143. The third-order valence-corrected chi connectivity index (χ3v) is 5.68. The fourth-order valence-electron chi connectivity index (χ4n) is 2.55. The van der Waals surface area contributed by atoms with Gasteiger partial charge in [0.15, 0.2) is 6.61 Å². The second kappa shape index (κ2) is 10.3. The number of rotatable bonds is 7. The summed E-state index contributed by atoms with van der Waals surface area (Å²) in [5.41, 5.74) is 1.21. The van der Waals surface area contributed by atoms with Crippen LogP contribution < -0.4 is 10.1 Å². The highest BCUT2D eigenvalue weighted by atomic mass is 79.9. The first kappa shape index (κ1) is 22.6. The minimum absolute atomic E-state index is 0.210. The highest BCUT2D eigenvalue weighted by Gasteiger charge is 2.36. The maximum Gasteiger partial charge on any atom is 0.343 e. The number of methoxy groups -OCH3 is 1. The Bertz CT molecular complexity index is 1050. The van der Waals surface area contributed by atoms with Gasteiger partial charge in [-0.3, -0.25) is 19.3 Å². The Morgan fingerprint density at radius 1 is 1.13 bits per heavy atom. The van der Waals surface area contributed by atoms with E-state index in [9.17, 15) is 19.2 Å². The third-order valence-electron chi connectivity index (χ3n) is 4.09. The number of para-hydroxylation sites is 1. The number of thioether (sulfide) groups is 1. The van der Waals surface area contributed by atoms with Gasteiger partial charge in [0.2, 0.25) is 5.91 Å². The molecular weight excluding hydrogens is 488 g/mol. The van der Waals surface area contributed by atoms with E-state index in [0.717, 1.165) is 16.7 Å². The number of hydrogen-bond donors (Lipinski definition) is 1. The van der Waals surface area contributed by atoms with Crippen LogP contribution in [0.1, 0.15) is 5.56 Å². The number of benzene rings is 2. The highest BCUT2D eigenvalue weighted by molar-refractivity contribution is 9.10. The minimum Gasteiger partial charge on any atom is -0.482 e. The lowest BCUT2D eigenvalue weighted by molar-refractivity contribution is -0.142. The zero-order valence-electron chi connectivity index (χ0n) is 16.3. The van der Waals surface area contributed by atoms with E-state index in [4.69, 9.17) is 4.74 Å². The van der Waals surface area contributed by atoms with Gasteiger partial charge in [0.05, 0.1) is 17.7 Å². The lowest BCUT2D eigenvalue weighted by atomic mass is 10.2. The number of carbonyl (C=O) groups is 4. The van der Waals surface area contributed by atoms with Gasteiger partial charge in [0.25, 0.3) is 11.1 Å². The molecule has 0 aliphatic carbocycles. The van der Waals surface area contributed by atoms with Crippen molar-refractivity contribution in [3.8, 4) is 5.75 Å². The molecule has 8 nitrogen and oxygen atoms in total. The van der Waals surface area contributed by atoms with Crippen LogP contribution in [-0.2, 0) is 19.1 Å². The third kappa shape index (κ3) is 5.96. The van der Waals surface area contributed by atoms with Crippen molar-refractivity contribution in [1.29, 1.82) is 0 Å². The average molecular weight is 505 g/mol. The van der Waals surface area contributed by atoms with E-state index < -0.39 is 23.0 Å². The molecular formula is C21H17BrN2O6S. The van der Waals surface area contributed by atoms with Crippen LogP contribution >= 0.6 is 27.7 Å². The lowest BCUT2D eigenvalue weighted by Gasteiger charge is -2.13. The molecule has 3 amide bonds. The summed E-state index contributed by atoms with van der Waals surface area (Å²) in [5, 5.41) is 2.15. The number of amides is 3. The summed E-state index contributed by atoms with van der Waals surface area (Å²) < 4.78 is 10.5. The second-order valence-electron chi connectivity index (χ2n) is 6.23. The quantitative estimate of drug-likeness (QED) is 0.453. The first-order valence-corrected chi connectivity index (χ1v) is 10.6. The monoisotopic (exact) mass is 504 g/mol. The van der Waals surface area contributed by atoms with Gasteiger partial charge in [-0.2, -0.15) is 0 Å². The van der Waals surface area contributed by atoms with E-state index in [1.807, 2.05) is 0 Å². The molecule has 160 valence electrons. The van der Waals surface area contributed by atoms with E-state index in [1.165, 1.54) is 7.11 Å². The molecule has 2 aromatic rings. The summed E-state index contributed by atoms with van der Waals surface area (Å²) in [4.78, 5) is 49.4. The van der Waals surface area contributed by atoms with Crippen molar-refractivity contribution in [2.24, 2.45) is 0 Å². The average Bonchev–Trinajstić information content (AvgIpc) is 3.02. The molecule has 0 aromatic heterocycles. The first-order chi connectivity index (χ1) is 14.9. The number of nitrogens with zero attached hydrogens (tertiary/aromatic N) is 1. The lowest BCUT2D eigenvalue weighted by Crippen LogP contribution is -2.36. The summed E-state index contributed by atoms with van der Waals surface area (Å²) in [5.74, 6) is -1.06. The van der Waals surface area contributed by atoms with E-state index in [1.54, 1.807) is 54.6 Å². The largest absolute Gasteiger partial charge is 0.482 e. The predicted molar refractivity (Wildman–Crippen MR) is 119 cm³/mol. The van der Waals surface area contributed by atoms with Crippen LogP contribution in [0.5, 0.6) is 5.75 Å². The van der Waals surface area contributed by atoms with Gasteiger partial charge < -0.3 is 14.8 Å². The summed E-state index contributed by atoms with van der Waals surface area (Å²) in [6.45, 7) is -0.597. The molecule has 1 aliphatic rings. The molecule has 31 heavy (non-hydrogen) atoms. The number of carbonyl (C=O) groups excluding carboxylic acids is 4. The van der Waals surface area contributed by atoms with Crippen molar-refractivity contribution < 1.29 is 28.7 Å². The number of anilines is 1. The Labute approximate surface area is 190 Å². The zero-order chi connectivity index (χ0) is 22.4. The SMILES string of the molecule is COC(=O)COc1ccc(/C=C2\SC(=O)N(CC(=O)Nc3ccccc3Br)C2=O)cc1. The molecule has 1 fully saturated rings. The Morgan fingerprint density at radius 2 is 1.84 bits per heavy atom. The maximum absolute atomic E-state index is 12.6. The van der Waals surface area contributed by atoms with Gasteiger partial charge in [0.1, 0.15) is 12.3 Å². The molecule has 0 unspecified atom stereocenters. The van der Waals surface area contributed by atoms with Gasteiger partial charge in [-0.1, -0.05) is 24.3 Å². The van der Waals surface area contributed by atoms with Crippen molar-refractivity contribution in [3.05, 3.63) is 63.5 Å². The summed E-state index contributed by atoms with van der Waals surface area (Å²) in [6.07, 6.45) is 1.56. The molecule has 10 heteroatoms. The van der Waals surface area contributed by atoms with Gasteiger partial charge in [-0.25, -0.2) is 4.79 Å². The molecule has 3 rings (SSSR count). The van der Waals surface area contributed by atoms with Crippen LogP contribution in [0.4, 0.5) is 10.5 Å². The second-order valence-corrected chi connectivity index (χ2v) is 8.08. The molecule has 0 spiro atoms. The standard InChI is InChI=1S/C21H17BrN2O6S/c1-29-19(26)12-30-14-8-6-13(7-9-14)10-17-20(27)24(21(28)31-17)11-18(25)23-16-5-3-2-4-15(16)22/h2-10H,11-12H2,1H3,(H,23,25)/b17-10-. The molecule has 1 saturated heterocycles. The Hall–Kier alpha value is -3.11. The molecule has 1 heterocycles. The summed E-state index contributed by atoms with van der Waals surface area (Å²) in [6, 6.07) is 13.7. The zero-order valence-corrected chi connectivity index (χ0v) is 18.7. The van der Waals surface area contributed by atoms with E-state index in [0.29, 0.717) is 21.5 Å². The fourth-order valence-corrected chi connectivity index (χ4v) is 3.77. The smallest absolute Gasteiger partial charge is 0.343 e. The number of hydrogen-bond acceptors (Lipinski definition) is 7. The number of ether oxygens (including phenoxy) is 2. The van der Waals surface area contributed by atoms with Gasteiger partial charge >= 0.3 is 5.97 Å². The Morgan fingerprint density at radius 3 is 2.52 bits per heavy atom. The van der Waals surface area contributed by atoms with E-state index >= 15 is 0 Å². The summed E-state index contributed by atoms with van der Waals surface area (Å²) in [7, 11) is 1.27. The van der Waals surface area contributed by atoms with Gasteiger partial charge in [-0.05, 0) is 63.6 Å². The number of esters is 1. The molecule has 0 radical (unpaired) electrons. The Kier molecular flexibility index (Phi) is 7.48. The van der Waals surface area contributed by atoms with Gasteiger partial charge in [-0.15, -0.1) is 0 Å². The highest BCUT2D eigenvalue weighted by Crippen LogP contribution is 2.32. The topological polar surface area (TPSA) is 102 Å². The van der Waals surface area contributed by atoms with Crippen molar-refractivity contribution >= 4 is 62.5 Å². The van der Waals surface area contributed by atoms with E-state index in [2.05, 4.69) is 26.0 Å². The minimum atomic E-state index is -0.539. The normalized spacial score (nSPS) is 14.6. The van der Waals surface area contributed by atoms with Crippen molar-refractivity contribution in [1.82, 2.24) is 4.90 Å². The molecule has 1 N–H and O–H groups in total. The van der Waals surface area contributed by atoms with Crippen molar-refractivity contribution in [2.45, 2.75) is 0 Å². The molecule has 0 bridgehead atoms. The van der Waals surface area contributed by atoms with Crippen molar-refractivity contribution in [2.75, 3.05) is 25.6 Å². The van der Waals surface area contributed by atoms with Crippen LogP contribution in [0.25, 0.3) is 6.08 Å². The number of nitrogens with one attached hydrogen (secondary N) is 1. The van der Waals surface area contributed by atoms with Crippen LogP contribution in [0.15, 0.2) is 57.9 Å². The number of imide groups is 1. The maximum atomic E-state index is 12.6. The molecule has 0 atom stereocenters. The van der Waals surface area contributed by atoms with Crippen LogP contribution in [0, 0.1) is 0 Å².